The van der Waals surface area contributed by atoms with Crippen molar-refractivity contribution in [2.45, 2.75) is 13.0 Å². The van der Waals surface area contributed by atoms with Gasteiger partial charge in [-0.3, -0.25) is 4.79 Å². The Hall–Kier alpha value is -3.67. The number of halogens is 2. The summed E-state index contributed by atoms with van der Waals surface area (Å²) < 4.78 is 34.4. The van der Waals surface area contributed by atoms with E-state index >= 15 is 0 Å². The van der Waals surface area contributed by atoms with Gasteiger partial charge in [-0.1, -0.05) is 18.2 Å². The summed E-state index contributed by atoms with van der Waals surface area (Å²) in [5.74, 6) is -0.0195. The molecule has 2 heterocycles. The molecule has 0 unspecified atom stereocenters. The molecule has 6 heteroatoms. The van der Waals surface area contributed by atoms with Crippen LogP contribution in [0.25, 0.3) is 10.9 Å². The fraction of sp³-hybridized carbons (Fsp3) is 0.192. The van der Waals surface area contributed by atoms with Gasteiger partial charge in [0.15, 0.2) is 0 Å². The summed E-state index contributed by atoms with van der Waals surface area (Å²) >= 11 is 0. The van der Waals surface area contributed by atoms with Gasteiger partial charge in [-0.25, -0.2) is 8.78 Å². The molecular weight excluding hydrogens is 410 g/mol. The molecule has 0 saturated carbocycles. The Morgan fingerprint density at radius 3 is 2.56 bits per heavy atom. The molecule has 4 nitrogen and oxygen atoms in total. The Labute approximate surface area is 184 Å². The molecule has 0 fully saturated rings. The fourth-order valence-electron chi connectivity index (χ4n) is 4.31. The van der Waals surface area contributed by atoms with Gasteiger partial charge in [0.05, 0.1) is 6.54 Å². The minimum Gasteiger partial charge on any atom is -0.492 e. The van der Waals surface area contributed by atoms with Crippen molar-refractivity contribution in [3.63, 3.8) is 0 Å². The van der Waals surface area contributed by atoms with Crippen molar-refractivity contribution in [3.05, 3.63) is 101 Å². The van der Waals surface area contributed by atoms with Crippen molar-refractivity contribution in [3.8, 4) is 5.75 Å². The van der Waals surface area contributed by atoms with E-state index in [9.17, 15) is 13.6 Å². The minimum absolute atomic E-state index is 0.0273. The minimum atomic E-state index is -0.312. The van der Waals surface area contributed by atoms with Crippen LogP contribution in [0.5, 0.6) is 5.75 Å². The summed E-state index contributed by atoms with van der Waals surface area (Å²) in [6.45, 7) is 1.90. The maximum atomic E-state index is 13.6. The first-order valence-electron chi connectivity index (χ1n) is 10.6. The summed E-state index contributed by atoms with van der Waals surface area (Å²) in [6.07, 6.45) is 2.80. The summed E-state index contributed by atoms with van der Waals surface area (Å²) in [5.41, 5.74) is 3.64. The van der Waals surface area contributed by atoms with Crippen LogP contribution in [-0.4, -0.2) is 35.1 Å². The molecule has 0 aliphatic carbocycles. The van der Waals surface area contributed by atoms with Crippen LogP contribution in [0.4, 0.5) is 8.78 Å². The summed E-state index contributed by atoms with van der Waals surface area (Å²) in [6, 6.07) is 18.2. The van der Waals surface area contributed by atoms with Gasteiger partial charge in [0, 0.05) is 35.8 Å². The van der Waals surface area contributed by atoms with Gasteiger partial charge in [0.1, 0.15) is 24.0 Å². The zero-order chi connectivity index (χ0) is 22.1. The first-order chi connectivity index (χ1) is 15.6. The van der Waals surface area contributed by atoms with E-state index < -0.39 is 0 Å². The van der Waals surface area contributed by atoms with E-state index in [0.29, 0.717) is 37.6 Å². The number of hydrogen-bond donors (Lipinski definition) is 0. The maximum absolute atomic E-state index is 13.6. The van der Waals surface area contributed by atoms with Crippen molar-refractivity contribution >= 4 is 16.8 Å². The molecule has 1 amide bonds. The third-order valence-electron chi connectivity index (χ3n) is 5.84. The van der Waals surface area contributed by atoms with Gasteiger partial charge in [-0.05, 0) is 66.1 Å². The van der Waals surface area contributed by atoms with E-state index in [1.807, 2.05) is 24.3 Å². The second kappa shape index (κ2) is 8.46. The highest BCUT2D eigenvalue weighted by Gasteiger charge is 2.25. The van der Waals surface area contributed by atoms with E-state index in [0.717, 1.165) is 28.5 Å². The molecule has 0 N–H and O–H groups in total. The molecule has 0 atom stereocenters. The third kappa shape index (κ3) is 3.96. The van der Waals surface area contributed by atoms with Crippen molar-refractivity contribution in [1.82, 2.24) is 9.47 Å². The van der Waals surface area contributed by atoms with Crippen LogP contribution in [0, 0.1) is 11.6 Å². The van der Waals surface area contributed by atoms with Gasteiger partial charge >= 0.3 is 0 Å². The average molecular weight is 432 g/mol. The highest BCUT2D eigenvalue weighted by Crippen LogP contribution is 2.30. The predicted octanol–water partition coefficient (Wildman–Crippen LogP) is 5.05. The van der Waals surface area contributed by atoms with Crippen LogP contribution in [0.15, 0.2) is 72.9 Å². The number of carbonyl (C=O) groups excluding carboxylic acids is 1. The van der Waals surface area contributed by atoms with E-state index in [4.69, 9.17) is 4.74 Å². The topological polar surface area (TPSA) is 34.5 Å². The highest BCUT2D eigenvalue weighted by molar-refractivity contribution is 6.08. The van der Waals surface area contributed by atoms with Gasteiger partial charge in [0.2, 0.25) is 0 Å². The van der Waals surface area contributed by atoms with E-state index in [1.165, 1.54) is 24.3 Å². The lowest BCUT2D eigenvalue weighted by Gasteiger charge is -2.21. The largest absolute Gasteiger partial charge is 0.492 e. The van der Waals surface area contributed by atoms with E-state index in [2.05, 4.69) is 10.8 Å². The second-order valence-electron chi connectivity index (χ2n) is 7.96. The van der Waals surface area contributed by atoms with Crippen molar-refractivity contribution in [2.24, 2.45) is 0 Å². The van der Waals surface area contributed by atoms with Gasteiger partial charge in [-0.15, -0.1) is 0 Å². The van der Waals surface area contributed by atoms with Crippen LogP contribution in [-0.2, 0) is 13.0 Å². The predicted molar refractivity (Wildman–Crippen MR) is 119 cm³/mol. The van der Waals surface area contributed by atoms with E-state index in [1.54, 1.807) is 23.1 Å². The molecule has 4 aromatic rings. The summed E-state index contributed by atoms with van der Waals surface area (Å²) in [4.78, 5) is 15.1. The van der Waals surface area contributed by atoms with Crippen LogP contribution in [0.3, 0.4) is 0 Å². The number of benzene rings is 3. The number of amides is 1. The van der Waals surface area contributed by atoms with Crippen LogP contribution < -0.4 is 4.74 Å². The molecule has 3 aromatic carbocycles. The molecule has 0 spiro atoms. The Balaban J connectivity index is 1.36. The summed E-state index contributed by atoms with van der Waals surface area (Å²) in [7, 11) is 0. The van der Waals surface area contributed by atoms with Crippen molar-refractivity contribution in [2.75, 3.05) is 19.7 Å². The molecule has 162 valence electrons. The quantitative estimate of drug-likeness (QED) is 0.428. The zero-order valence-electron chi connectivity index (χ0n) is 17.4. The molecule has 0 radical (unpaired) electrons. The molecular formula is C26H22F2N2O2. The SMILES string of the molecule is O=C1c2cccc3c2c(cn3Cc2cccc(F)c2)CCN1CCOc1ccc(F)cc1. The molecule has 5 rings (SSSR count). The van der Waals surface area contributed by atoms with Crippen LogP contribution >= 0.6 is 0 Å². The Morgan fingerprint density at radius 1 is 0.938 bits per heavy atom. The molecule has 1 aliphatic rings. The normalized spacial score (nSPS) is 13.4. The standard InChI is InChI=1S/C26H22F2N2O2/c27-20-7-9-22(10-8-20)32-14-13-29-12-11-19-17-30(16-18-3-1-4-21(28)15-18)24-6-2-5-23(25(19)24)26(29)31/h1-10,15,17H,11-14,16H2. The zero-order valence-corrected chi connectivity index (χ0v) is 17.4. The number of rotatable bonds is 6. The number of nitrogens with zero attached hydrogens (tertiary/aromatic N) is 2. The van der Waals surface area contributed by atoms with Crippen molar-refractivity contribution < 1.29 is 18.3 Å². The molecule has 0 bridgehead atoms. The molecule has 1 aliphatic heterocycles. The number of carbonyl (C=O) groups is 1. The molecule has 32 heavy (non-hydrogen) atoms. The van der Waals surface area contributed by atoms with Crippen molar-refractivity contribution in [1.29, 1.82) is 0 Å². The lowest BCUT2D eigenvalue weighted by atomic mass is 10.1. The Morgan fingerprint density at radius 2 is 1.75 bits per heavy atom. The number of aromatic nitrogens is 1. The monoisotopic (exact) mass is 432 g/mol. The Bertz CT molecular complexity index is 1280. The smallest absolute Gasteiger partial charge is 0.254 e. The van der Waals surface area contributed by atoms with Crippen LogP contribution in [0.1, 0.15) is 21.5 Å². The van der Waals surface area contributed by atoms with Gasteiger partial charge in [0.25, 0.3) is 5.91 Å². The van der Waals surface area contributed by atoms with Gasteiger partial charge in [-0.2, -0.15) is 0 Å². The number of ether oxygens (including phenoxy) is 1. The lowest BCUT2D eigenvalue weighted by molar-refractivity contribution is 0.0737. The third-order valence-corrected chi connectivity index (χ3v) is 5.84. The van der Waals surface area contributed by atoms with E-state index in [-0.39, 0.29) is 17.5 Å². The van der Waals surface area contributed by atoms with Crippen LogP contribution in [0.2, 0.25) is 0 Å². The maximum Gasteiger partial charge on any atom is 0.254 e. The number of hydrogen-bond acceptors (Lipinski definition) is 2. The molecule has 0 saturated heterocycles. The average Bonchev–Trinajstić information content (AvgIpc) is 3.07. The first-order valence-corrected chi connectivity index (χ1v) is 10.6. The molecule has 1 aromatic heterocycles. The second-order valence-corrected chi connectivity index (χ2v) is 7.96. The Kier molecular flexibility index (Phi) is 5.35. The fourth-order valence-corrected chi connectivity index (χ4v) is 4.31. The van der Waals surface area contributed by atoms with Gasteiger partial charge < -0.3 is 14.2 Å². The lowest BCUT2D eigenvalue weighted by Crippen LogP contribution is -2.35. The highest BCUT2D eigenvalue weighted by atomic mass is 19.1. The first kappa shape index (κ1) is 20.2. The summed E-state index contributed by atoms with van der Waals surface area (Å²) in [5, 5.41) is 0.968.